The lowest BCUT2D eigenvalue weighted by molar-refractivity contribution is 0.301. The zero-order chi connectivity index (χ0) is 21.7. The second-order valence-electron chi connectivity index (χ2n) is 7.67. The summed E-state index contributed by atoms with van der Waals surface area (Å²) in [6.07, 6.45) is 2.97. The highest BCUT2D eigenvalue weighted by Crippen LogP contribution is 2.36. The summed E-state index contributed by atoms with van der Waals surface area (Å²) in [6, 6.07) is 11.9. The van der Waals surface area contributed by atoms with E-state index in [0.29, 0.717) is 17.7 Å². The molecule has 1 unspecified atom stereocenters. The van der Waals surface area contributed by atoms with Gasteiger partial charge >= 0.3 is 0 Å². The van der Waals surface area contributed by atoms with Crippen LogP contribution in [0, 0.1) is 5.82 Å². The second kappa shape index (κ2) is 9.87. The second-order valence-corrected chi connectivity index (χ2v) is 9.44. The molecule has 0 heterocycles. The number of aliphatic hydroxyl groups excluding tert-OH is 1. The Labute approximate surface area is 177 Å². The maximum absolute atomic E-state index is 13.5. The average Bonchev–Trinajstić information content (AvgIpc) is 3.20. The molecule has 0 radical (unpaired) electrons. The van der Waals surface area contributed by atoms with Gasteiger partial charge in [0.2, 0.25) is 10.0 Å². The number of hydrogen-bond donors (Lipinski definition) is 3. The van der Waals surface area contributed by atoms with Crippen LogP contribution in [0.5, 0.6) is 5.75 Å². The van der Waals surface area contributed by atoms with E-state index < -0.39 is 10.0 Å². The zero-order valence-electron chi connectivity index (χ0n) is 17.3. The van der Waals surface area contributed by atoms with Crippen LogP contribution in [0.3, 0.4) is 0 Å². The van der Waals surface area contributed by atoms with Gasteiger partial charge in [0.05, 0.1) is 18.6 Å². The van der Waals surface area contributed by atoms with Crippen molar-refractivity contribution in [2.45, 2.75) is 49.1 Å². The van der Waals surface area contributed by atoms with Gasteiger partial charge in [-0.3, -0.25) is 0 Å². The minimum absolute atomic E-state index is 0.00289. The number of hydrogen-bond acceptors (Lipinski definition) is 5. The Hall–Kier alpha value is -2.00. The highest BCUT2D eigenvalue weighted by atomic mass is 32.2. The van der Waals surface area contributed by atoms with Crippen molar-refractivity contribution in [3.05, 3.63) is 59.4 Å². The van der Waals surface area contributed by atoms with Crippen molar-refractivity contribution in [1.29, 1.82) is 0 Å². The molecule has 0 amide bonds. The van der Waals surface area contributed by atoms with Crippen molar-refractivity contribution in [2.75, 3.05) is 20.3 Å². The highest BCUT2D eigenvalue weighted by molar-refractivity contribution is 7.89. The molecule has 3 rings (SSSR count). The van der Waals surface area contributed by atoms with Crippen LogP contribution in [0.2, 0.25) is 0 Å². The van der Waals surface area contributed by atoms with Crippen LogP contribution in [0.4, 0.5) is 4.39 Å². The molecule has 3 atom stereocenters. The van der Waals surface area contributed by atoms with Gasteiger partial charge in [0.1, 0.15) is 11.6 Å². The predicted molar refractivity (Wildman–Crippen MR) is 114 cm³/mol. The number of aliphatic hydroxyl groups is 1. The molecule has 30 heavy (non-hydrogen) atoms. The fourth-order valence-electron chi connectivity index (χ4n) is 4.10. The van der Waals surface area contributed by atoms with E-state index in [1.165, 1.54) is 12.1 Å². The van der Waals surface area contributed by atoms with E-state index in [1.54, 1.807) is 25.3 Å². The Bertz CT molecular complexity index is 950. The fraction of sp³-hybridized carbons (Fsp3) is 0.455. The molecular weight excluding hydrogens is 407 g/mol. The van der Waals surface area contributed by atoms with Gasteiger partial charge in [-0.15, -0.1) is 0 Å². The maximum Gasteiger partial charge on any atom is 0.240 e. The number of ether oxygens (including phenoxy) is 1. The van der Waals surface area contributed by atoms with Crippen molar-refractivity contribution >= 4 is 10.0 Å². The van der Waals surface area contributed by atoms with E-state index in [0.717, 1.165) is 30.4 Å². The quantitative estimate of drug-likeness (QED) is 0.562. The summed E-state index contributed by atoms with van der Waals surface area (Å²) in [5.41, 5.74) is 2.04. The topological polar surface area (TPSA) is 87.7 Å². The molecular formula is C22H29FN2O4S. The van der Waals surface area contributed by atoms with Crippen molar-refractivity contribution in [2.24, 2.45) is 0 Å². The normalized spacial score (nSPS) is 20.3. The smallest absolute Gasteiger partial charge is 0.240 e. The standard InChI is InChI=1S/C22H29FN2O4S/c1-15(21-10-6-18(23)14-22(21)29-2)25-19-7-3-17(13-19)16-4-8-20(9-5-16)30(27,28)24-11-12-26/h4-6,8-10,14-15,17,19,24-26H,3,7,11-13H2,1-2H3/t15-,17+,19?/m1/s1. The van der Waals surface area contributed by atoms with Gasteiger partial charge in [-0.25, -0.2) is 17.5 Å². The molecule has 0 spiro atoms. The molecule has 0 aromatic heterocycles. The number of nitrogens with one attached hydrogen (secondary N) is 2. The molecule has 164 valence electrons. The van der Waals surface area contributed by atoms with Crippen molar-refractivity contribution in [3.63, 3.8) is 0 Å². The zero-order valence-corrected chi connectivity index (χ0v) is 18.1. The van der Waals surface area contributed by atoms with Gasteiger partial charge < -0.3 is 15.2 Å². The Morgan fingerprint density at radius 1 is 1.20 bits per heavy atom. The Morgan fingerprint density at radius 2 is 1.93 bits per heavy atom. The lowest BCUT2D eigenvalue weighted by Gasteiger charge is -2.22. The summed E-state index contributed by atoms with van der Waals surface area (Å²) in [6.45, 7) is 1.80. The molecule has 2 aromatic carbocycles. The lowest BCUT2D eigenvalue weighted by atomic mass is 9.97. The molecule has 2 aromatic rings. The largest absolute Gasteiger partial charge is 0.496 e. The van der Waals surface area contributed by atoms with Crippen molar-refractivity contribution in [1.82, 2.24) is 10.0 Å². The minimum atomic E-state index is -3.59. The summed E-state index contributed by atoms with van der Waals surface area (Å²) in [4.78, 5) is 0.199. The first-order valence-corrected chi connectivity index (χ1v) is 11.6. The first-order valence-electron chi connectivity index (χ1n) is 10.1. The Kier molecular flexibility index (Phi) is 7.46. The minimum Gasteiger partial charge on any atom is -0.496 e. The van der Waals surface area contributed by atoms with Gasteiger partial charge in [0, 0.05) is 30.3 Å². The van der Waals surface area contributed by atoms with E-state index >= 15 is 0 Å². The van der Waals surface area contributed by atoms with Crippen molar-refractivity contribution in [3.8, 4) is 5.75 Å². The number of halogens is 1. The molecule has 1 aliphatic carbocycles. The Balaban J connectivity index is 1.61. The summed E-state index contributed by atoms with van der Waals surface area (Å²) in [5.74, 6) is 0.573. The Morgan fingerprint density at radius 3 is 2.60 bits per heavy atom. The van der Waals surface area contributed by atoms with E-state index in [4.69, 9.17) is 9.84 Å². The van der Waals surface area contributed by atoms with E-state index in [1.807, 2.05) is 19.1 Å². The van der Waals surface area contributed by atoms with Gasteiger partial charge in [0.25, 0.3) is 0 Å². The van der Waals surface area contributed by atoms with Crippen LogP contribution in [-0.4, -0.2) is 39.8 Å². The average molecular weight is 437 g/mol. The van der Waals surface area contributed by atoms with Gasteiger partial charge in [0.15, 0.2) is 0 Å². The number of rotatable bonds is 9. The molecule has 1 fully saturated rings. The van der Waals surface area contributed by atoms with Crippen LogP contribution in [-0.2, 0) is 10.0 Å². The summed E-state index contributed by atoms with van der Waals surface area (Å²) in [5, 5.41) is 12.4. The first-order chi connectivity index (χ1) is 14.3. The van der Waals surface area contributed by atoms with Crippen molar-refractivity contribution < 1.29 is 22.7 Å². The molecule has 8 heteroatoms. The molecule has 3 N–H and O–H groups in total. The number of benzene rings is 2. The van der Waals surface area contributed by atoms with E-state index in [9.17, 15) is 12.8 Å². The predicted octanol–water partition coefficient (Wildman–Crippen LogP) is 3.09. The molecule has 0 saturated heterocycles. The molecule has 0 aliphatic heterocycles. The maximum atomic E-state index is 13.5. The van der Waals surface area contributed by atoms with Gasteiger partial charge in [-0.1, -0.05) is 18.2 Å². The molecule has 1 saturated carbocycles. The van der Waals surface area contributed by atoms with Crippen LogP contribution >= 0.6 is 0 Å². The monoisotopic (exact) mass is 436 g/mol. The lowest BCUT2D eigenvalue weighted by Crippen LogP contribution is -2.29. The van der Waals surface area contributed by atoms with Crippen LogP contribution < -0.4 is 14.8 Å². The summed E-state index contributed by atoms with van der Waals surface area (Å²) >= 11 is 0. The van der Waals surface area contributed by atoms with Gasteiger partial charge in [-0.05, 0) is 55.9 Å². The molecule has 6 nitrogen and oxygen atoms in total. The highest BCUT2D eigenvalue weighted by Gasteiger charge is 2.28. The third kappa shape index (κ3) is 5.37. The van der Waals surface area contributed by atoms with E-state index in [2.05, 4.69) is 10.0 Å². The van der Waals surface area contributed by atoms with Gasteiger partial charge in [-0.2, -0.15) is 0 Å². The number of methoxy groups -OCH3 is 1. The SMILES string of the molecule is COc1cc(F)ccc1[C@@H](C)NC1CC[C@H](c2ccc(S(=O)(=O)NCCO)cc2)C1. The van der Waals surface area contributed by atoms with E-state index in [-0.39, 0.29) is 29.9 Å². The summed E-state index contributed by atoms with van der Waals surface area (Å²) < 4.78 is 45.4. The van der Waals surface area contributed by atoms with Crippen LogP contribution in [0.15, 0.2) is 47.4 Å². The third-order valence-electron chi connectivity index (χ3n) is 5.65. The third-order valence-corrected chi connectivity index (χ3v) is 7.12. The summed E-state index contributed by atoms with van der Waals surface area (Å²) in [7, 11) is -2.05. The number of sulfonamides is 1. The molecule has 1 aliphatic rings. The molecule has 0 bridgehead atoms. The fourth-order valence-corrected chi connectivity index (χ4v) is 5.13. The first kappa shape index (κ1) is 22.7. The van der Waals surface area contributed by atoms with Crippen LogP contribution in [0.1, 0.15) is 49.3 Å². The van der Waals surface area contributed by atoms with Crippen LogP contribution in [0.25, 0.3) is 0 Å².